The van der Waals surface area contributed by atoms with E-state index in [2.05, 4.69) is 37.9 Å². The molecule has 0 spiro atoms. The Balaban J connectivity index is 2.76. The molecular formula is C16H23NO2S. The van der Waals surface area contributed by atoms with Crippen LogP contribution in [0.2, 0.25) is 0 Å². The van der Waals surface area contributed by atoms with Crippen molar-refractivity contribution in [3.63, 3.8) is 0 Å². The Labute approximate surface area is 125 Å². The van der Waals surface area contributed by atoms with Gasteiger partial charge in [0.25, 0.3) is 5.91 Å². The minimum Gasteiger partial charge on any atom is -0.395 e. The van der Waals surface area contributed by atoms with E-state index in [1.54, 1.807) is 0 Å². The van der Waals surface area contributed by atoms with Crippen LogP contribution in [0.4, 0.5) is 0 Å². The summed E-state index contributed by atoms with van der Waals surface area (Å²) in [5.74, 6) is 5.79. The predicted molar refractivity (Wildman–Crippen MR) is 84.0 cm³/mol. The molecule has 0 aliphatic rings. The number of hydrogen-bond acceptors (Lipinski definition) is 3. The first-order valence-electron chi connectivity index (χ1n) is 7.11. The lowest BCUT2D eigenvalue weighted by Crippen LogP contribution is -2.47. The van der Waals surface area contributed by atoms with E-state index in [4.69, 9.17) is 5.11 Å². The third kappa shape index (κ3) is 4.36. The molecule has 0 unspecified atom stereocenters. The van der Waals surface area contributed by atoms with Crippen LogP contribution in [0.15, 0.2) is 11.4 Å². The molecule has 3 nitrogen and oxygen atoms in total. The molecule has 0 bridgehead atoms. The monoisotopic (exact) mass is 293 g/mol. The van der Waals surface area contributed by atoms with Gasteiger partial charge in [-0.1, -0.05) is 32.6 Å². The van der Waals surface area contributed by atoms with E-state index in [-0.39, 0.29) is 18.1 Å². The predicted octanol–water partition coefficient (Wildman–Crippen LogP) is 3.18. The van der Waals surface area contributed by atoms with Gasteiger partial charge < -0.3 is 10.4 Å². The number of hydrogen-bond donors (Lipinski definition) is 2. The van der Waals surface area contributed by atoms with E-state index < -0.39 is 0 Å². The number of thiophene rings is 1. The van der Waals surface area contributed by atoms with Crippen LogP contribution in [-0.2, 0) is 0 Å². The molecule has 1 aromatic heterocycles. The number of rotatable bonds is 6. The summed E-state index contributed by atoms with van der Waals surface area (Å²) < 4.78 is 0. The quantitative estimate of drug-likeness (QED) is 0.791. The second kappa shape index (κ2) is 8.08. The zero-order chi connectivity index (χ0) is 15.0. The first-order valence-corrected chi connectivity index (χ1v) is 7.99. The number of nitrogens with one attached hydrogen (secondary N) is 1. The molecule has 4 heteroatoms. The summed E-state index contributed by atoms with van der Waals surface area (Å²) in [5.41, 5.74) is 0.560. The number of aliphatic hydroxyl groups is 1. The van der Waals surface area contributed by atoms with Crippen molar-refractivity contribution in [3.8, 4) is 11.8 Å². The summed E-state index contributed by atoms with van der Waals surface area (Å²) in [7, 11) is 0. The molecule has 20 heavy (non-hydrogen) atoms. The zero-order valence-electron chi connectivity index (χ0n) is 12.5. The topological polar surface area (TPSA) is 49.3 Å². The lowest BCUT2D eigenvalue weighted by atomic mass is 9.89. The van der Waals surface area contributed by atoms with E-state index in [0.717, 1.165) is 24.1 Å². The maximum absolute atomic E-state index is 12.3. The normalized spacial score (nSPS) is 10.8. The van der Waals surface area contributed by atoms with Gasteiger partial charge in [-0.2, -0.15) is 0 Å². The van der Waals surface area contributed by atoms with Crippen LogP contribution < -0.4 is 5.32 Å². The maximum atomic E-state index is 12.3. The summed E-state index contributed by atoms with van der Waals surface area (Å²) in [6.07, 6.45) is 3.25. The average Bonchev–Trinajstić information content (AvgIpc) is 2.94. The molecule has 1 heterocycles. The highest BCUT2D eigenvalue weighted by Crippen LogP contribution is 2.21. The Morgan fingerprint density at radius 2 is 2.00 bits per heavy atom. The standard InChI is InChI=1S/C16H23NO2S/c1-4-16(5-2,6-3)17-15(19)13-11-14(20-12-13)9-7-8-10-18/h11-12,18H,4-6,8,10H2,1-3H3,(H,17,19). The third-order valence-electron chi connectivity index (χ3n) is 3.72. The van der Waals surface area contributed by atoms with Crippen molar-refractivity contribution in [3.05, 3.63) is 21.9 Å². The minimum atomic E-state index is -0.109. The number of aliphatic hydroxyl groups excluding tert-OH is 1. The van der Waals surface area contributed by atoms with Crippen molar-refractivity contribution in [1.82, 2.24) is 5.32 Å². The van der Waals surface area contributed by atoms with Crippen LogP contribution in [-0.4, -0.2) is 23.2 Å². The number of amides is 1. The summed E-state index contributed by atoms with van der Waals surface area (Å²) in [6, 6.07) is 1.82. The van der Waals surface area contributed by atoms with Crippen molar-refractivity contribution in [2.24, 2.45) is 0 Å². The van der Waals surface area contributed by atoms with Gasteiger partial charge in [-0.25, -0.2) is 0 Å². The number of carbonyl (C=O) groups excluding carboxylic acids is 1. The maximum Gasteiger partial charge on any atom is 0.252 e. The van der Waals surface area contributed by atoms with Gasteiger partial charge >= 0.3 is 0 Å². The van der Waals surface area contributed by atoms with E-state index in [0.29, 0.717) is 12.0 Å². The van der Waals surface area contributed by atoms with Crippen molar-refractivity contribution in [2.75, 3.05) is 6.61 Å². The minimum absolute atomic E-state index is 0.0259. The molecule has 110 valence electrons. The van der Waals surface area contributed by atoms with Gasteiger partial charge in [0.15, 0.2) is 0 Å². The first-order chi connectivity index (χ1) is 9.60. The summed E-state index contributed by atoms with van der Waals surface area (Å²) >= 11 is 1.46. The van der Waals surface area contributed by atoms with E-state index in [1.807, 2.05) is 11.4 Å². The smallest absolute Gasteiger partial charge is 0.252 e. The lowest BCUT2D eigenvalue weighted by molar-refractivity contribution is 0.0888. The molecule has 2 N–H and O–H groups in total. The Bertz CT molecular complexity index is 484. The molecule has 0 aliphatic carbocycles. The number of carbonyl (C=O) groups is 1. The van der Waals surface area contributed by atoms with Gasteiger partial charge in [-0.05, 0) is 25.3 Å². The SMILES string of the molecule is CCC(CC)(CC)NC(=O)c1csc(C#CCCO)c1. The van der Waals surface area contributed by atoms with E-state index in [9.17, 15) is 4.79 Å². The molecule has 1 rings (SSSR count). The fraction of sp³-hybridized carbons (Fsp3) is 0.562. The van der Waals surface area contributed by atoms with Crippen molar-refractivity contribution in [1.29, 1.82) is 0 Å². The fourth-order valence-corrected chi connectivity index (χ4v) is 2.81. The van der Waals surface area contributed by atoms with Gasteiger partial charge in [0.2, 0.25) is 0 Å². The Kier molecular flexibility index (Phi) is 6.77. The van der Waals surface area contributed by atoms with Crippen molar-refractivity contribution >= 4 is 17.2 Å². The molecule has 0 saturated heterocycles. The van der Waals surface area contributed by atoms with E-state index in [1.165, 1.54) is 11.3 Å². The lowest BCUT2D eigenvalue weighted by Gasteiger charge is -2.31. The van der Waals surface area contributed by atoms with Gasteiger partial charge in [0.05, 0.1) is 17.0 Å². The highest BCUT2D eigenvalue weighted by Gasteiger charge is 2.26. The van der Waals surface area contributed by atoms with Crippen molar-refractivity contribution in [2.45, 2.75) is 52.0 Å². The van der Waals surface area contributed by atoms with Crippen LogP contribution >= 0.6 is 11.3 Å². The molecule has 0 aromatic carbocycles. The van der Waals surface area contributed by atoms with Gasteiger partial charge in [-0.3, -0.25) is 4.79 Å². The molecule has 0 aliphatic heterocycles. The van der Waals surface area contributed by atoms with E-state index >= 15 is 0 Å². The molecule has 0 radical (unpaired) electrons. The van der Waals surface area contributed by atoms with Crippen LogP contribution in [0, 0.1) is 11.8 Å². The average molecular weight is 293 g/mol. The van der Waals surface area contributed by atoms with Crippen LogP contribution in [0.3, 0.4) is 0 Å². The Morgan fingerprint density at radius 3 is 2.55 bits per heavy atom. The van der Waals surface area contributed by atoms with Crippen LogP contribution in [0.5, 0.6) is 0 Å². The molecular weight excluding hydrogens is 270 g/mol. The van der Waals surface area contributed by atoms with Crippen molar-refractivity contribution < 1.29 is 9.90 Å². The second-order valence-electron chi connectivity index (χ2n) is 4.77. The molecule has 0 atom stereocenters. The summed E-state index contributed by atoms with van der Waals surface area (Å²) in [4.78, 5) is 13.1. The summed E-state index contributed by atoms with van der Waals surface area (Å²) in [6.45, 7) is 6.38. The Hall–Kier alpha value is -1.31. The molecule has 0 saturated carbocycles. The second-order valence-corrected chi connectivity index (χ2v) is 5.68. The van der Waals surface area contributed by atoms with Crippen LogP contribution in [0.1, 0.15) is 61.7 Å². The Morgan fingerprint density at radius 1 is 1.35 bits per heavy atom. The molecule has 1 amide bonds. The first kappa shape index (κ1) is 16.7. The summed E-state index contributed by atoms with van der Waals surface area (Å²) in [5, 5.41) is 13.7. The highest BCUT2D eigenvalue weighted by molar-refractivity contribution is 7.10. The van der Waals surface area contributed by atoms with Gasteiger partial charge in [0, 0.05) is 17.3 Å². The van der Waals surface area contributed by atoms with Gasteiger partial charge in [-0.15, -0.1) is 11.3 Å². The molecule has 0 fully saturated rings. The largest absolute Gasteiger partial charge is 0.395 e. The zero-order valence-corrected chi connectivity index (χ0v) is 13.3. The third-order valence-corrected chi connectivity index (χ3v) is 4.56. The fourth-order valence-electron chi connectivity index (χ4n) is 2.05. The molecule has 1 aromatic rings. The van der Waals surface area contributed by atoms with Crippen LogP contribution in [0.25, 0.3) is 0 Å². The van der Waals surface area contributed by atoms with Gasteiger partial charge in [0.1, 0.15) is 0 Å². The highest BCUT2D eigenvalue weighted by atomic mass is 32.1.